The van der Waals surface area contributed by atoms with Crippen molar-refractivity contribution in [2.24, 2.45) is 7.05 Å². The highest BCUT2D eigenvalue weighted by Crippen LogP contribution is 2.36. The molecular weight excluding hydrogens is 474 g/mol. The highest BCUT2D eigenvalue weighted by atomic mass is 16.5. The van der Waals surface area contributed by atoms with Crippen LogP contribution in [0, 0.1) is 6.92 Å². The lowest BCUT2D eigenvalue weighted by Crippen LogP contribution is -2.26. The Morgan fingerprint density at radius 1 is 1.11 bits per heavy atom. The average Bonchev–Trinajstić information content (AvgIpc) is 3.13. The normalized spacial score (nSPS) is 12.9. The van der Waals surface area contributed by atoms with E-state index in [1.165, 1.54) is 11.7 Å². The molecule has 3 aromatic carbocycles. The number of ether oxygens (including phenoxy) is 2. The van der Waals surface area contributed by atoms with Gasteiger partial charge in [-0.3, -0.25) is 18.7 Å². The summed E-state index contributed by atoms with van der Waals surface area (Å²) in [6.07, 6.45) is 0. The molecule has 0 radical (unpaired) electrons. The zero-order chi connectivity index (χ0) is 25.8. The number of H-pyrrole nitrogens is 1. The van der Waals surface area contributed by atoms with Gasteiger partial charge in [0.25, 0.3) is 11.5 Å². The third kappa shape index (κ3) is 3.56. The van der Waals surface area contributed by atoms with Crippen molar-refractivity contribution in [1.82, 2.24) is 19.1 Å². The standard InChI is InChI=1S/C27H23N5O5/c1-14-9-16(10-19-22(14)28-20(33)13-37-19)25-29-23-21(26(34)30-25)18(36-3)11-17-24(23)32(27(35)31(17)2)12-15-7-5-4-6-8-15/h4-11H,12-13H2,1-3H3,(H,28,33)(H,29,30,34). The number of carbonyl (C=O) groups excluding carboxylic acids is 1. The first kappa shape index (κ1) is 22.6. The number of nitrogens with one attached hydrogen (secondary N) is 2. The van der Waals surface area contributed by atoms with E-state index in [4.69, 9.17) is 14.5 Å². The van der Waals surface area contributed by atoms with Crippen LogP contribution in [-0.4, -0.2) is 38.7 Å². The van der Waals surface area contributed by atoms with E-state index in [0.717, 1.165) is 11.1 Å². The molecule has 10 heteroatoms. The van der Waals surface area contributed by atoms with E-state index in [2.05, 4.69) is 10.3 Å². The number of fused-ring (bicyclic) bond motifs is 4. The van der Waals surface area contributed by atoms with E-state index in [-0.39, 0.29) is 23.6 Å². The Morgan fingerprint density at radius 2 is 1.89 bits per heavy atom. The summed E-state index contributed by atoms with van der Waals surface area (Å²) in [5.41, 5.74) is 3.76. The molecule has 0 aliphatic carbocycles. The first-order chi connectivity index (χ1) is 17.9. The van der Waals surface area contributed by atoms with Gasteiger partial charge in [0.05, 0.1) is 30.4 Å². The number of hydrogen-bond acceptors (Lipinski definition) is 6. The zero-order valence-electron chi connectivity index (χ0n) is 20.4. The van der Waals surface area contributed by atoms with Crippen molar-refractivity contribution in [2.75, 3.05) is 19.0 Å². The van der Waals surface area contributed by atoms with Gasteiger partial charge in [-0.15, -0.1) is 0 Å². The van der Waals surface area contributed by atoms with Crippen LogP contribution in [0.2, 0.25) is 0 Å². The van der Waals surface area contributed by atoms with E-state index < -0.39 is 5.56 Å². The summed E-state index contributed by atoms with van der Waals surface area (Å²) in [7, 11) is 3.16. The van der Waals surface area contributed by atoms with Crippen LogP contribution in [0.4, 0.5) is 5.69 Å². The Kier molecular flexibility index (Phi) is 5.11. The Morgan fingerprint density at radius 3 is 2.65 bits per heavy atom. The minimum absolute atomic E-state index is 0.0921. The first-order valence-corrected chi connectivity index (χ1v) is 11.7. The summed E-state index contributed by atoms with van der Waals surface area (Å²) >= 11 is 0. The number of anilines is 1. The number of carbonyl (C=O) groups is 1. The van der Waals surface area contributed by atoms with Crippen LogP contribution >= 0.6 is 0 Å². The maximum atomic E-state index is 13.4. The predicted molar refractivity (Wildman–Crippen MR) is 139 cm³/mol. The number of aryl methyl sites for hydroxylation is 2. The average molecular weight is 498 g/mol. The number of aromatic nitrogens is 4. The summed E-state index contributed by atoms with van der Waals surface area (Å²) < 4.78 is 14.3. The number of benzene rings is 3. The second-order valence-corrected chi connectivity index (χ2v) is 9.00. The SMILES string of the molecule is COc1cc2c(c3nc(-c4cc(C)c5c(c4)OCC(=O)N5)[nH]c(=O)c13)n(Cc1ccccc1)c(=O)n2C. The van der Waals surface area contributed by atoms with Crippen molar-refractivity contribution < 1.29 is 14.3 Å². The highest BCUT2D eigenvalue weighted by molar-refractivity contribution is 6.05. The fourth-order valence-corrected chi connectivity index (χ4v) is 4.86. The van der Waals surface area contributed by atoms with Crippen LogP contribution in [0.15, 0.2) is 58.1 Å². The lowest BCUT2D eigenvalue weighted by atomic mass is 10.1. The number of amides is 1. The molecule has 0 unspecified atom stereocenters. The van der Waals surface area contributed by atoms with E-state index in [1.807, 2.05) is 43.3 Å². The number of hydrogen-bond donors (Lipinski definition) is 2. The van der Waals surface area contributed by atoms with E-state index in [1.54, 1.807) is 23.7 Å². The number of aromatic amines is 1. The monoisotopic (exact) mass is 497 g/mol. The fourth-order valence-electron chi connectivity index (χ4n) is 4.86. The molecule has 0 bridgehead atoms. The molecule has 37 heavy (non-hydrogen) atoms. The van der Waals surface area contributed by atoms with E-state index >= 15 is 0 Å². The maximum Gasteiger partial charge on any atom is 0.329 e. The van der Waals surface area contributed by atoms with Crippen LogP contribution in [0.3, 0.4) is 0 Å². The lowest BCUT2D eigenvalue weighted by Gasteiger charge is -2.20. The van der Waals surface area contributed by atoms with Gasteiger partial charge in [-0.2, -0.15) is 0 Å². The Balaban J connectivity index is 1.65. The molecule has 10 nitrogen and oxygen atoms in total. The van der Waals surface area contributed by atoms with Crippen molar-refractivity contribution >= 4 is 33.5 Å². The zero-order valence-corrected chi connectivity index (χ0v) is 20.4. The minimum atomic E-state index is -0.397. The Labute approximate surface area is 210 Å². The largest absolute Gasteiger partial charge is 0.496 e. The molecule has 186 valence electrons. The molecule has 1 aliphatic rings. The quantitative estimate of drug-likeness (QED) is 0.394. The third-order valence-corrected chi connectivity index (χ3v) is 6.65. The number of methoxy groups -OCH3 is 1. The van der Waals surface area contributed by atoms with Crippen molar-refractivity contribution in [3.05, 3.63) is 80.5 Å². The van der Waals surface area contributed by atoms with Crippen molar-refractivity contribution in [3.8, 4) is 22.9 Å². The number of imidazole rings is 1. The molecule has 6 rings (SSSR count). The van der Waals surface area contributed by atoms with Gasteiger partial charge in [-0.25, -0.2) is 9.78 Å². The van der Waals surface area contributed by atoms with Crippen LogP contribution < -0.4 is 26.0 Å². The van der Waals surface area contributed by atoms with Crippen LogP contribution in [0.1, 0.15) is 11.1 Å². The summed E-state index contributed by atoms with van der Waals surface area (Å²) in [5.74, 6) is 0.897. The molecule has 5 aromatic rings. The van der Waals surface area contributed by atoms with Crippen molar-refractivity contribution in [1.29, 1.82) is 0 Å². The molecule has 0 saturated carbocycles. The van der Waals surface area contributed by atoms with Gasteiger partial charge in [0.15, 0.2) is 6.61 Å². The highest BCUT2D eigenvalue weighted by Gasteiger charge is 2.23. The van der Waals surface area contributed by atoms with Crippen molar-refractivity contribution in [2.45, 2.75) is 13.5 Å². The maximum absolute atomic E-state index is 13.4. The van der Waals surface area contributed by atoms with Gasteiger partial charge >= 0.3 is 5.69 Å². The van der Waals surface area contributed by atoms with Gasteiger partial charge in [-0.1, -0.05) is 30.3 Å². The molecule has 2 N–H and O–H groups in total. The summed E-state index contributed by atoms with van der Waals surface area (Å²) in [6, 6.07) is 14.9. The van der Waals surface area contributed by atoms with Crippen LogP contribution in [0.5, 0.6) is 11.5 Å². The number of nitrogens with zero attached hydrogens (tertiary/aromatic N) is 3. The molecule has 3 heterocycles. The molecule has 0 fully saturated rings. The molecular formula is C27H23N5O5. The lowest BCUT2D eigenvalue weighted by molar-refractivity contribution is -0.118. The first-order valence-electron chi connectivity index (χ1n) is 11.7. The molecule has 0 atom stereocenters. The molecule has 0 spiro atoms. The Hall–Kier alpha value is -4.86. The molecule has 1 amide bonds. The topological polar surface area (TPSA) is 120 Å². The minimum Gasteiger partial charge on any atom is -0.496 e. The van der Waals surface area contributed by atoms with Gasteiger partial charge in [0, 0.05) is 18.7 Å². The molecule has 1 aliphatic heterocycles. The van der Waals surface area contributed by atoms with Gasteiger partial charge in [-0.05, 0) is 30.2 Å². The summed E-state index contributed by atoms with van der Waals surface area (Å²) in [6.45, 7) is 2.06. The van der Waals surface area contributed by atoms with Crippen LogP contribution in [-0.2, 0) is 18.4 Å². The smallest absolute Gasteiger partial charge is 0.329 e. The van der Waals surface area contributed by atoms with Gasteiger partial charge < -0.3 is 19.8 Å². The van der Waals surface area contributed by atoms with E-state index in [9.17, 15) is 14.4 Å². The molecule has 2 aromatic heterocycles. The summed E-state index contributed by atoms with van der Waals surface area (Å²) in [4.78, 5) is 46.2. The second kappa shape index (κ2) is 8.37. The van der Waals surface area contributed by atoms with Crippen molar-refractivity contribution in [3.63, 3.8) is 0 Å². The molecule has 0 saturated heterocycles. The third-order valence-electron chi connectivity index (χ3n) is 6.65. The second-order valence-electron chi connectivity index (χ2n) is 9.00. The number of rotatable bonds is 4. The van der Waals surface area contributed by atoms with E-state index in [0.29, 0.717) is 51.7 Å². The van der Waals surface area contributed by atoms with Gasteiger partial charge in [0.1, 0.15) is 28.2 Å². The Bertz CT molecular complexity index is 1850. The van der Waals surface area contributed by atoms with Crippen LogP contribution in [0.25, 0.3) is 33.3 Å². The summed E-state index contributed by atoms with van der Waals surface area (Å²) in [5, 5.41) is 3.07. The fraction of sp³-hybridized carbons (Fsp3) is 0.185. The van der Waals surface area contributed by atoms with Gasteiger partial charge in [0.2, 0.25) is 0 Å². The predicted octanol–water partition coefficient (Wildman–Crippen LogP) is 2.94.